The van der Waals surface area contributed by atoms with Crippen LogP contribution in [0.4, 0.5) is 5.69 Å². The molecule has 0 atom stereocenters. The number of aliphatic hydroxyl groups excluding tert-OH is 1. The van der Waals surface area contributed by atoms with E-state index in [0.29, 0.717) is 16.9 Å². The van der Waals surface area contributed by atoms with Crippen LogP contribution in [-0.2, 0) is 6.61 Å². The average Bonchev–Trinajstić information content (AvgIpc) is 2.64. The number of benzene rings is 2. The van der Waals surface area contributed by atoms with Crippen molar-refractivity contribution in [2.45, 2.75) is 13.5 Å². The zero-order valence-corrected chi connectivity index (χ0v) is 13.7. The molecule has 0 saturated carbocycles. The Bertz CT molecular complexity index is 962. The minimum Gasteiger partial charge on any atom is -0.392 e. The summed E-state index contributed by atoms with van der Waals surface area (Å²) in [6, 6.07) is 17.9. The second-order valence-corrected chi connectivity index (χ2v) is 5.74. The first-order valence-electron chi connectivity index (χ1n) is 7.89. The lowest BCUT2D eigenvalue weighted by atomic mass is 10.1. The van der Waals surface area contributed by atoms with Crippen molar-refractivity contribution in [3.05, 3.63) is 87.7 Å². The van der Waals surface area contributed by atoms with Crippen LogP contribution >= 0.6 is 0 Å². The van der Waals surface area contributed by atoms with E-state index in [1.165, 1.54) is 6.07 Å². The van der Waals surface area contributed by atoms with Crippen LogP contribution in [0.5, 0.6) is 0 Å². The molecule has 5 heteroatoms. The number of carbonyl (C=O) groups excluding carboxylic acids is 1. The molecule has 3 aromatic rings. The molecule has 3 N–H and O–H groups in total. The fourth-order valence-corrected chi connectivity index (χ4v) is 2.53. The highest BCUT2D eigenvalue weighted by Crippen LogP contribution is 2.18. The van der Waals surface area contributed by atoms with E-state index in [2.05, 4.69) is 10.3 Å². The van der Waals surface area contributed by atoms with Gasteiger partial charge in [0.25, 0.3) is 11.5 Å². The highest BCUT2D eigenvalue weighted by atomic mass is 16.3. The highest BCUT2D eigenvalue weighted by molar-refractivity contribution is 6.04. The van der Waals surface area contributed by atoms with E-state index in [1.807, 2.05) is 43.3 Å². The lowest BCUT2D eigenvalue weighted by Gasteiger charge is -2.10. The fourth-order valence-electron chi connectivity index (χ4n) is 2.53. The monoisotopic (exact) mass is 334 g/mol. The lowest BCUT2D eigenvalue weighted by Crippen LogP contribution is -2.23. The van der Waals surface area contributed by atoms with Gasteiger partial charge in [-0.15, -0.1) is 0 Å². The van der Waals surface area contributed by atoms with Gasteiger partial charge in [-0.2, -0.15) is 0 Å². The second-order valence-electron chi connectivity index (χ2n) is 5.74. The number of aromatic nitrogens is 1. The van der Waals surface area contributed by atoms with Crippen molar-refractivity contribution in [1.82, 2.24) is 4.98 Å². The molecule has 3 rings (SSSR count). The third kappa shape index (κ3) is 3.67. The van der Waals surface area contributed by atoms with Crippen molar-refractivity contribution in [3.63, 3.8) is 0 Å². The van der Waals surface area contributed by atoms with Gasteiger partial charge in [-0.3, -0.25) is 9.59 Å². The maximum Gasteiger partial charge on any atom is 0.261 e. The smallest absolute Gasteiger partial charge is 0.261 e. The van der Waals surface area contributed by atoms with Gasteiger partial charge in [-0.05, 0) is 41.8 Å². The van der Waals surface area contributed by atoms with Crippen LogP contribution in [0.15, 0.2) is 65.5 Å². The standard InChI is InChI=1S/C20H18N2O3/c1-13-7-8-14(12-23)11-18(13)22-20(25)16-9-10-17(21-19(16)24)15-5-3-2-4-6-15/h2-11,23H,12H2,1H3,(H,21,24)(H,22,25). The van der Waals surface area contributed by atoms with Crippen molar-refractivity contribution in [2.75, 3.05) is 5.32 Å². The molecule has 0 spiro atoms. The number of pyridine rings is 1. The Kier molecular flexibility index (Phi) is 4.77. The maximum atomic E-state index is 12.4. The molecule has 0 aliphatic rings. The first-order valence-corrected chi connectivity index (χ1v) is 7.89. The molecule has 126 valence electrons. The van der Waals surface area contributed by atoms with Crippen LogP contribution < -0.4 is 10.9 Å². The van der Waals surface area contributed by atoms with E-state index in [4.69, 9.17) is 0 Å². The van der Waals surface area contributed by atoms with E-state index >= 15 is 0 Å². The normalized spacial score (nSPS) is 10.5. The predicted octanol–water partition coefficient (Wildman–Crippen LogP) is 3.09. The van der Waals surface area contributed by atoms with Gasteiger partial charge in [0, 0.05) is 11.4 Å². The summed E-state index contributed by atoms with van der Waals surface area (Å²) >= 11 is 0. The average molecular weight is 334 g/mol. The van der Waals surface area contributed by atoms with Gasteiger partial charge >= 0.3 is 0 Å². The molecule has 1 amide bonds. The summed E-state index contributed by atoms with van der Waals surface area (Å²) in [5, 5.41) is 12.0. The van der Waals surface area contributed by atoms with Gasteiger partial charge in [0.15, 0.2) is 0 Å². The lowest BCUT2D eigenvalue weighted by molar-refractivity contribution is 0.102. The number of carbonyl (C=O) groups is 1. The first kappa shape index (κ1) is 16.7. The SMILES string of the molecule is Cc1ccc(CO)cc1NC(=O)c1ccc(-c2ccccc2)[nH]c1=O. The summed E-state index contributed by atoms with van der Waals surface area (Å²) in [4.78, 5) is 27.5. The highest BCUT2D eigenvalue weighted by Gasteiger charge is 2.13. The molecule has 1 heterocycles. The van der Waals surface area contributed by atoms with E-state index < -0.39 is 11.5 Å². The number of anilines is 1. The largest absolute Gasteiger partial charge is 0.392 e. The molecule has 0 unspecified atom stereocenters. The molecule has 0 radical (unpaired) electrons. The van der Waals surface area contributed by atoms with Gasteiger partial charge in [0.05, 0.1) is 6.61 Å². The molecule has 5 nitrogen and oxygen atoms in total. The number of H-pyrrole nitrogens is 1. The van der Waals surface area contributed by atoms with E-state index in [-0.39, 0.29) is 12.2 Å². The van der Waals surface area contributed by atoms with Gasteiger partial charge in [-0.25, -0.2) is 0 Å². The summed E-state index contributed by atoms with van der Waals surface area (Å²) in [7, 11) is 0. The van der Waals surface area contributed by atoms with Crippen molar-refractivity contribution >= 4 is 11.6 Å². The van der Waals surface area contributed by atoms with Gasteiger partial charge in [-0.1, -0.05) is 42.5 Å². The number of rotatable bonds is 4. The van der Waals surface area contributed by atoms with Gasteiger partial charge < -0.3 is 15.4 Å². The number of aromatic amines is 1. The van der Waals surface area contributed by atoms with Gasteiger partial charge in [0.2, 0.25) is 0 Å². The fraction of sp³-hybridized carbons (Fsp3) is 0.100. The third-order valence-electron chi connectivity index (χ3n) is 3.97. The summed E-state index contributed by atoms with van der Waals surface area (Å²) in [6.45, 7) is 1.73. The second kappa shape index (κ2) is 7.15. The van der Waals surface area contributed by atoms with Gasteiger partial charge in [0.1, 0.15) is 5.56 Å². The minimum atomic E-state index is -0.487. The van der Waals surface area contributed by atoms with Crippen LogP contribution in [0, 0.1) is 6.92 Å². The summed E-state index contributed by atoms with van der Waals surface area (Å²) in [5.74, 6) is -0.487. The molecular formula is C20H18N2O3. The molecule has 2 aromatic carbocycles. The molecule has 0 bridgehead atoms. The number of amides is 1. The molecule has 0 aliphatic heterocycles. The van der Waals surface area contributed by atoms with E-state index in [1.54, 1.807) is 18.2 Å². The van der Waals surface area contributed by atoms with E-state index in [9.17, 15) is 14.7 Å². The molecular weight excluding hydrogens is 316 g/mol. The zero-order chi connectivity index (χ0) is 17.8. The zero-order valence-electron chi connectivity index (χ0n) is 13.7. The number of hydrogen-bond donors (Lipinski definition) is 3. The molecule has 0 saturated heterocycles. The van der Waals surface area contributed by atoms with Crippen LogP contribution in [0.2, 0.25) is 0 Å². The topological polar surface area (TPSA) is 82.2 Å². The Morgan fingerprint density at radius 3 is 2.52 bits per heavy atom. The van der Waals surface area contributed by atoms with Crippen molar-refractivity contribution in [2.24, 2.45) is 0 Å². The van der Waals surface area contributed by atoms with Crippen molar-refractivity contribution in [3.8, 4) is 11.3 Å². The van der Waals surface area contributed by atoms with Crippen LogP contribution in [0.1, 0.15) is 21.5 Å². The Morgan fingerprint density at radius 2 is 1.84 bits per heavy atom. The quantitative estimate of drug-likeness (QED) is 0.686. The van der Waals surface area contributed by atoms with Crippen LogP contribution in [0.3, 0.4) is 0 Å². The number of aryl methyl sites for hydroxylation is 1. The Hall–Kier alpha value is -3.18. The van der Waals surface area contributed by atoms with Crippen molar-refractivity contribution in [1.29, 1.82) is 0 Å². The number of nitrogens with one attached hydrogen (secondary N) is 2. The Balaban J connectivity index is 1.87. The molecule has 25 heavy (non-hydrogen) atoms. The molecule has 0 aliphatic carbocycles. The number of hydrogen-bond acceptors (Lipinski definition) is 3. The van der Waals surface area contributed by atoms with E-state index in [0.717, 1.165) is 11.1 Å². The van der Waals surface area contributed by atoms with Crippen LogP contribution in [0.25, 0.3) is 11.3 Å². The number of aliphatic hydroxyl groups is 1. The minimum absolute atomic E-state index is 0.0356. The van der Waals surface area contributed by atoms with Crippen LogP contribution in [-0.4, -0.2) is 16.0 Å². The Morgan fingerprint density at radius 1 is 1.08 bits per heavy atom. The Labute approximate surface area is 145 Å². The third-order valence-corrected chi connectivity index (χ3v) is 3.97. The summed E-state index contributed by atoms with van der Waals surface area (Å²) in [6.07, 6.45) is 0. The molecule has 0 fully saturated rings. The molecule has 1 aromatic heterocycles. The van der Waals surface area contributed by atoms with Crippen molar-refractivity contribution < 1.29 is 9.90 Å². The first-order chi connectivity index (χ1) is 12.1. The maximum absolute atomic E-state index is 12.4. The summed E-state index contributed by atoms with van der Waals surface area (Å²) < 4.78 is 0. The predicted molar refractivity (Wildman–Crippen MR) is 97.6 cm³/mol. The summed E-state index contributed by atoms with van der Waals surface area (Å²) in [5.41, 5.74) is 3.22.